The number of unbranched alkanes of at least 4 members (excludes halogenated alkanes) is 4. The second-order valence-electron chi connectivity index (χ2n) is 7.38. The molecular weight excluding hydrogens is 364 g/mol. The lowest BCUT2D eigenvalue weighted by atomic mass is 9.91. The van der Waals surface area contributed by atoms with E-state index in [2.05, 4.69) is 19.1 Å². The topological polar surface area (TPSA) is 36.9 Å². The van der Waals surface area contributed by atoms with Gasteiger partial charge in [0.15, 0.2) is 0 Å². The molecule has 2 rings (SSSR count). The number of ether oxygens (including phenoxy) is 4. The first-order chi connectivity index (χ1) is 14.2. The van der Waals surface area contributed by atoms with Crippen molar-refractivity contribution in [2.75, 3.05) is 21.3 Å². The predicted molar refractivity (Wildman–Crippen MR) is 117 cm³/mol. The van der Waals surface area contributed by atoms with Crippen molar-refractivity contribution in [3.63, 3.8) is 0 Å². The highest BCUT2D eigenvalue weighted by molar-refractivity contribution is 5.33. The first-order valence-electron chi connectivity index (χ1n) is 10.6. The standard InChI is InChI=1S/C25H36O4/c1-5-6-7-8-10-13-22(25(26-2,27-3)28-4)20-21-16-18-24(19-17-21)29-23-14-11-9-12-15-23/h9,11-12,14-19,22H,5-8,10,13,20H2,1-4H3. The second-order valence-corrected chi connectivity index (χ2v) is 7.38. The Morgan fingerprint density at radius 2 is 1.31 bits per heavy atom. The Morgan fingerprint density at radius 3 is 1.90 bits per heavy atom. The SMILES string of the molecule is CCCCCCCC(Cc1ccc(Oc2ccccc2)cc1)C(OC)(OC)OC. The van der Waals surface area contributed by atoms with Gasteiger partial charge >= 0.3 is 0 Å². The van der Waals surface area contributed by atoms with Crippen molar-refractivity contribution in [3.05, 3.63) is 60.2 Å². The fourth-order valence-electron chi connectivity index (χ4n) is 3.75. The van der Waals surface area contributed by atoms with Crippen LogP contribution in [0.4, 0.5) is 0 Å². The average molecular weight is 401 g/mol. The van der Waals surface area contributed by atoms with Crippen LogP contribution >= 0.6 is 0 Å². The van der Waals surface area contributed by atoms with Crippen molar-refractivity contribution in [2.24, 2.45) is 5.92 Å². The quantitative estimate of drug-likeness (QED) is 0.265. The van der Waals surface area contributed by atoms with E-state index in [0.29, 0.717) is 0 Å². The fraction of sp³-hybridized carbons (Fsp3) is 0.520. The first kappa shape index (κ1) is 23.4. The van der Waals surface area contributed by atoms with Gasteiger partial charge in [-0.15, -0.1) is 0 Å². The monoisotopic (exact) mass is 400 g/mol. The van der Waals surface area contributed by atoms with Crippen LogP contribution in [0.25, 0.3) is 0 Å². The molecule has 0 spiro atoms. The normalized spacial score (nSPS) is 12.7. The summed E-state index contributed by atoms with van der Waals surface area (Å²) in [7, 11) is 4.94. The van der Waals surface area contributed by atoms with Crippen molar-refractivity contribution < 1.29 is 18.9 Å². The van der Waals surface area contributed by atoms with Gasteiger partial charge in [-0.1, -0.05) is 69.4 Å². The van der Waals surface area contributed by atoms with Crippen LogP contribution in [0.15, 0.2) is 54.6 Å². The lowest BCUT2D eigenvalue weighted by molar-refractivity contribution is -0.379. The van der Waals surface area contributed by atoms with E-state index < -0.39 is 5.97 Å². The summed E-state index contributed by atoms with van der Waals surface area (Å²) >= 11 is 0. The van der Waals surface area contributed by atoms with E-state index in [1.165, 1.54) is 31.2 Å². The fourth-order valence-corrected chi connectivity index (χ4v) is 3.75. The van der Waals surface area contributed by atoms with Crippen molar-refractivity contribution in [1.29, 1.82) is 0 Å². The summed E-state index contributed by atoms with van der Waals surface area (Å²) in [4.78, 5) is 0. The Hall–Kier alpha value is -1.88. The van der Waals surface area contributed by atoms with Crippen LogP contribution in [0, 0.1) is 5.92 Å². The third-order valence-electron chi connectivity index (χ3n) is 5.39. The van der Waals surface area contributed by atoms with E-state index in [-0.39, 0.29) is 5.92 Å². The Labute approximate surface area is 176 Å². The first-order valence-corrected chi connectivity index (χ1v) is 10.6. The zero-order valence-electron chi connectivity index (χ0n) is 18.4. The molecule has 0 bridgehead atoms. The van der Waals surface area contributed by atoms with Gasteiger partial charge in [0.1, 0.15) is 11.5 Å². The molecule has 0 aliphatic rings. The van der Waals surface area contributed by atoms with Gasteiger partial charge in [-0.25, -0.2) is 0 Å². The summed E-state index contributed by atoms with van der Waals surface area (Å²) < 4.78 is 22.9. The molecule has 0 radical (unpaired) electrons. The predicted octanol–water partition coefficient (Wildman–Crippen LogP) is 6.59. The van der Waals surface area contributed by atoms with Crippen LogP contribution in [-0.2, 0) is 20.6 Å². The van der Waals surface area contributed by atoms with Crippen molar-refractivity contribution in [3.8, 4) is 11.5 Å². The molecule has 0 aliphatic carbocycles. The third kappa shape index (κ3) is 7.14. The molecule has 1 atom stereocenters. The molecule has 0 amide bonds. The minimum Gasteiger partial charge on any atom is -0.457 e. The molecule has 2 aromatic rings. The van der Waals surface area contributed by atoms with E-state index in [0.717, 1.165) is 30.8 Å². The Balaban J connectivity index is 2.04. The molecule has 0 fully saturated rings. The Morgan fingerprint density at radius 1 is 0.724 bits per heavy atom. The highest BCUT2D eigenvalue weighted by Gasteiger charge is 2.39. The van der Waals surface area contributed by atoms with Crippen molar-refractivity contribution in [1.82, 2.24) is 0 Å². The van der Waals surface area contributed by atoms with Crippen LogP contribution < -0.4 is 4.74 Å². The number of hydrogen-bond acceptors (Lipinski definition) is 4. The number of methoxy groups -OCH3 is 3. The van der Waals surface area contributed by atoms with E-state index in [4.69, 9.17) is 18.9 Å². The van der Waals surface area contributed by atoms with Crippen LogP contribution in [0.3, 0.4) is 0 Å². The highest BCUT2D eigenvalue weighted by atomic mass is 16.9. The minimum atomic E-state index is -1.02. The molecule has 160 valence electrons. The Bertz CT molecular complexity index is 657. The molecule has 0 heterocycles. The highest BCUT2D eigenvalue weighted by Crippen LogP contribution is 2.32. The summed E-state index contributed by atoms with van der Waals surface area (Å²) in [6.07, 6.45) is 7.97. The smallest absolute Gasteiger partial charge is 0.285 e. The summed E-state index contributed by atoms with van der Waals surface area (Å²) in [5.74, 6) is 0.740. The van der Waals surface area contributed by atoms with Crippen LogP contribution in [0.5, 0.6) is 11.5 Å². The van der Waals surface area contributed by atoms with E-state index in [1.807, 2.05) is 42.5 Å². The van der Waals surface area contributed by atoms with E-state index in [9.17, 15) is 0 Å². The average Bonchev–Trinajstić information content (AvgIpc) is 2.77. The summed E-state index contributed by atoms with van der Waals surface area (Å²) in [5.41, 5.74) is 1.21. The van der Waals surface area contributed by atoms with Gasteiger partial charge in [0.2, 0.25) is 0 Å². The lowest BCUT2D eigenvalue weighted by Crippen LogP contribution is -2.45. The van der Waals surface area contributed by atoms with Gasteiger partial charge in [-0.2, -0.15) is 0 Å². The maximum absolute atomic E-state index is 5.90. The minimum absolute atomic E-state index is 0.102. The number of para-hydroxylation sites is 1. The molecule has 0 aliphatic heterocycles. The molecule has 2 aromatic carbocycles. The van der Waals surface area contributed by atoms with Gasteiger partial charge in [-0.3, -0.25) is 0 Å². The molecular formula is C25H36O4. The van der Waals surface area contributed by atoms with E-state index in [1.54, 1.807) is 21.3 Å². The molecule has 4 heteroatoms. The van der Waals surface area contributed by atoms with Gasteiger partial charge < -0.3 is 18.9 Å². The summed E-state index contributed by atoms with van der Waals surface area (Å²) in [5, 5.41) is 0. The maximum atomic E-state index is 5.90. The van der Waals surface area contributed by atoms with Crippen molar-refractivity contribution in [2.45, 2.75) is 57.8 Å². The van der Waals surface area contributed by atoms with Crippen molar-refractivity contribution >= 4 is 0 Å². The zero-order valence-corrected chi connectivity index (χ0v) is 18.4. The molecule has 1 unspecified atom stereocenters. The number of benzene rings is 2. The van der Waals surface area contributed by atoms with Gasteiger partial charge in [0.25, 0.3) is 5.97 Å². The van der Waals surface area contributed by atoms with Gasteiger partial charge in [0, 0.05) is 27.2 Å². The zero-order chi connectivity index (χ0) is 21.0. The largest absolute Gasteiger partial charge is 0.457 e. The molecule has 0 saturated carbocycles. The maximum Gasteiger partial charge on any atom is 0.285 e. The lowest BCUT2D eigenvalue weighted by Gasteiger charge is -2.36. The van der Waals surface area contributed by atoms with Gasteiger partial charge in [-0.05, 0) is 42.7 Å². The molecule has 29 heavy (non-hydrogen) atoms. The van der Waals surface area contributed by atoms with Gasteiger partial charge in [0.05, 0.1) is 0 Å². The third-order valence-corrected chi connectivity index (χ3v) is 5.39. The Kier molecular flexibility index (Phi) is 10.2. The summed E-state index contributed by atoms with van der Waals surface area (Å²) in [6.45, 7) is 2.24. The second kappa shape index (κ2) is 12.6. The molecule has 0 aromatic heterocycles. The number of hydrogen-bond donors (Lipinski definition) is 0. The summed E-state index contributed by atoms with van der Waals surface area (Å²) in [6, 6.07) is 18.0. The molecule has 0 saturated heterocycles. The van der Waals surface area contributed by atoms with Crippen LogP contribution in [0.1, 0.15) is 51.0 Å². The van der Waals surface area contributed by atoms with Crippen LogP contribution in [0.2, 0.25) is 0 Å². The molecule has 0 N–H and O–H groups in total. The van der Waals surface area contributed by atoms with Crippen LogP contribution in [-0.4, -0.2) is 27.3 Å². The van der Waals surface area contributed by atoms with E-state index >= 15 is 0 Å². The number of rotatable bonds is 14. The molecule has 4 nitrogen and oxygen atoms in total.